The molecule has 0 unspecified atom stereocenters. The van der Waals surface area contributed by atoms with E-state index in [0.717, 1.165) is 42.1 Å². The van der Waals surface area contributed by atoms with Crippen LogP contribution in [0.1, 0.15) is 83.1 Å². The first-order valence-corrected chi connectivity index (χ1v) is 10.6. The Labute approximate surface area is 152 Å². The van der Waals surface area contributed by atoms with E-state index in [1.165, 1.54) is 76.3 Å². The molecule has 1 aromatic rings. The van der Waals surface area contributed by atoms with E-state index in [4.69, 9.17) is 0 Å². The van der Waals surface area contributed by atoms with Crippen molar-refractivity contribution in [2.24, 2.45) is 23.7 Å². The van der Waals surface area contributed by atoms with E-state index in [9.17, 15) is 8.78 Å². The van der Waals surface area contributed by atoms with Crippen molar-refractivity contribution in [3.63, 3.8) is 0 Å². The summed E-state index contributed by atoms with van der Waals surface area (Å²) in [5.41, 5.74) is 0.940. The van der Waals surface area contributed by atoms with Gasteiger partial charge in [0.2, 0.25) is 0 Å². The molecule has 0 spiro atoms. The Morgan fingerprint density at radius 2 is 1.32 bits per heavy atom. The molecule has 0 aliphatic heterocycles. The molecule has 0 saturated heterocycles. The summed E-state index contributed by atoms with van der Waals surface area (Å²) >= 11 is 0. The largest absolute Gasteiger partial charge is 0.204 e. The second kappa shape index (κ2) is 9.14. The van der Waals surface area contributed by atoms with Crippen LogP contribution in [0.3, 0.4) is 0 Å². The van der Waals surface area contributed by atoms with Gasteiger partial charge in [0.05, 0.1) is 0 Å². The van der Waals surface area contributed by atoms with E-state index >= 15 is 0 Å². The lowest BCUT2D eigenvalue weighted by molar-refractivity contribution is 0.141. The molecular weight excluding hydrogens is 314 g/mol. The molecule has 0 radical (unpaired) electrons. The van der Waals surface area contributed by atoms with Crippen LogP contribution in [-0.2, 0) is 6.42 Å². The molecular formula is C23H34F2. The molecule has 25 heavy (non-hydrogen) atoms. The molecule has 0 nitrogen and oxygen atoms in total. The van der Waals surface area contributed by atoms with Gasteiger partial charge in [-0.15, -0.1) is 0 Å². The molecule has 2 aliphatic carbocycles. The van der Waals surface area contributed by atoms with E-state index in [-0.39, 0.29) is 0 Å². The maximum Gasteiger partial charge on any atom is 0.159 e. The van der Waals surface area contributed by atoms with Gasteiger partial charge in [0.15, 0.2) is 11.6 Å². The molecule has 0 aromatic heterocycles. The average Bonchev–Trinajstić information content (AvgIpc) is 2.64. The van der Waals surface area contributed by atoms with Crippen molar-refractivity contribution < 1.29 is 8.78 Å². The number of hydrogen-bond acceptors (Lipinski definition) is 0. The molecule has 0 amide bonds. The topological polar surface area (TPSA) is 0 Å². The van der Waals surface area contributed by atoms with E-state index < -0.39 is 11.6 Å². The van der Waals surface area contributed by atoms with E-state index in [1.54, 1.807) is 6.07 Å². The smallest absolute Gasteiger partial charge is 0.159 e. The highest BCUT2D eigenvalue weighted by molar-refractivity contribution is 5.17. The minimum atomic E-state index is -0.738. The van der Waals surface area contributed by atoms with Crippen molar-refractivity contribution in [1.82, 2.24) is 0 Å². The van der Waals surface area contributed by atoms with E-state index in [1.807, 2.05) is 0 Å². The summed E-state index contributed by atoms with van der Waals surface area (Å²) in [5, 5.41) is 0. The lowest BCUT2D eigenvalue weighted by atomic mass is 9.68. The Kier molecular flexibility index (Phi) is 6.90. The third-order valence-electron chi connectivity index (χ3n) is 6.97. The van der Waals surface area contributed by atoms with Crippen LogP contribution >= 0.6 is 0 Å². The van der Waals surface area contributed by atoms with Crippen molar-refractivity contribution >= 4 is 0 Å². The molecule has 2 heteroatoms. The first-order chi connectivity index (χ1) is 12.2. The third kappa shape index (κ3) is 5.28. The van der Waals surface area contributed by atoms with Crippen molar-refractivity contribution in [2.45, 2.75) is 84.0 Å². The van der Waals surface area contributed by atoms with Crippen LogP contribution in [0.2, 0.25) is 0 Å². The SMILES string of the molecule is CCCC1CCC(C2CCC(CCc3ccc(F)c(F)c3)CC2)CC1. The predicted octanol–water partition coefficient (Wildman–Crippen LogP) is 7.31. The van der Waals surface area contributed by atoms with Crippen LogP contribution in [0, 0.1) is 35.3 Å². The van der Waals surface area contributed by atoms with Gasteiger partial charge in [-0.3, -0.25) is 0 Å². The number of rotatable bonds is 6. The van der Waals surface area contributed by atoms with E-state index in [2.05, 4.69) is 6.92 Å². The summed E-state index contributed by atoms with van der Waals surface area (Å²) < 4.78 is 26.3. The van der Waals surface area contributed by atoms with Crippen LogP contribution in [-0.4, -0.2) is 0 Å². The summed E-state index contributed by atoms with van der Waals surface area (Å²) in [6.45, 7) is 2.31. The number of benzene rings is 1. The van der Waals surface area contributed by atoms with Crippen molar-refractivity contribution in [3.05, 3.63) is 35.4 Å². The zero-order chi connectivity index (χ0) is 17.6. The van der Waals surface area contributed by atoms with Gasteiger partial charge in [0.1, 0.15) is 0 Å². The van der Waals surface area contributed by atoms with Crippen molar-refractivity contribution in [2.75, 3.05) is 0 Å². The van der Waals surface area contributed by atoms with Gasteiger partial charge in [-0.25, -0.2) is 8.78 Å². The Morgan fingerprint density at radius 3 is 1.84 bits per heavy atom. The standard InChI is InChI=1S/C23H34F2/c1-2-3-17-6-11-20(12-7-17)21-13-8-18(9-14-21)4-5-19-10-15-22(24)23(25)16-19/h10,15-18,20-21H,2-9,11-14H2,1H3. The molecule has 2 fully saturated rings. The minimum Gasteiger partial charge on any atom is -0.204 e. The first-order valence-electron chi connectivity index (χ1n) is 10.6. The van der Waals surface area contributed by atoms with Crippen LogP contribution < -0.4 is 0 Å². The van der Waals surface area contributed by atoms with Gasteiger partial charge < -0.3 is 0 Å². The Bertz CT molecular complexity index is 523. The molecule has 2 aliphatic rings. The zero-order valence-electron chi connectivity index (χ0n) is 15.8. The Hall–Kier alpha value is -0.920. The molecule has 0 heterocycles. The first kappa shape index (κ1) is 18.9. The van der Waals surface area contributed by atoms with Crippen LogP contribution in [0.15, 0.2) is 18.2 Å². The fraction of sp³-hybridized carbons (Fsp3) is 0.739. The second-order valence-corrected chi connectivity index (χ2v) is 8.64. The fourth-order valence-electron chi connectivity index (χ4n) is 5.37. The van der Waals surface area contributed by atoms with Gasteiger partial charge >= 0.3 is 0 Å². The fourth-order valence-corrected chi connectivity index (χ4v) is 5.37. The molecule has 0 atom stereocenters. The summed E-state index contributed by atoms with van der Waals surface area (Å²) in [7, 11) is 0. The van der Waals surface area contributed by atoms with Gasteiger partial charge in [0, 0.05) is 0 Å². The summed E-state index contributed by atoms with van der Waals surface area (Å²) in [6, 6.07) is 4.37. The normalized spacial score (nSPS) is 30.4. The maximum absolute atomic E-state index is 13.3. The number of halogens is 2. The van der Waals surface area contributed by atoms with Crippen molar-refractivity contribution in [3.8, 4) is 0 Å². The number of hydrogen-bond donors (Lipinski definition) is 0. The molecule has 1 aromatic carbocycles. The Balaban J connectivity index is 1.38. The second-order valence-electron chi connectivity index (χ2n) is 8.64. The van der Waals surface area contributed by atoms with Crippen LogP contribution in [0.4, 0.5) is 8.78 Å². The molecule has 0 N–H and O–H groups in total. The average molecular weight is 349 g/mol. The Morgan fingerprint density at radius 1 is 0.760 bits per heavy atom. The van der Waals surface area contributed by atoms with E-state index in [0.29, 0.717) is 0 Å². The zero-order valence-corrected chi connectivity index (χ0v) is 15.8. The maximum atomic E-state index is 13.3. The van der Waals surface area contributed by atoms with Gasteiger partial charge in [0.25, 0.3) is 0 Å². The lowest BCUT2D eigenvalue weighted by Gasteiger charge is -2.38. The molecule has 140 valence electrons. The summed E-state index contributed by atoms with van der Waals surface area (Å²) in [5.74, 6) is 2.29. The summed E-state index contributed by atoms with van der Waals surface area (Å²) in [4.78, 5) is 0. The molecule has 2 saturated carbocycles. The van der Waals surface area contributed by atoms with Crippen molar-refractivity contribution in [1.29, 1.82) is 0 Å². The highest BCUT2D eigenvalue weighted by Gasteiger charge is 2.30. The quantitative estimate of drug-likeness (QED) is 0.505. The van der Waals surface area contributed by atoms with Gasteiger partial charge in [-0.2, -0.15) is 0 Å². The lowest BCUT2D eigenvalue weighted by Crippen LogP contribution is -2.26. The highest BCUT2D eigenvalue weighted by Crippen LogP contribution is 2.42. The highest BCUT2D eigenvalue weighted by atomic mass is 19.2. The third-order valence-corrected chi connectivity index (χ3v) is 6.97. The monoisotopic (exact) mass is 348 g/mol. The van der Waals surface area contributed by atoms with Crippen LogP contribution in [0.25, 0.3) is 0 Å². The van der Waals surface area contributed by atoms with Crippen LogP contribution in [0.5, 0.6) is 0 Å². The minimum absolute atomic E-state index is 0.708. The molecule has 3 rings (SSSR count). The molecule has 0 bridgehead atoms. The summed E-state index contributed by atoms with van der Waals surface area (Å²) in [6.07, 6.45) is 16.1. The van der Waals surface area contributed by atoms with Gasteiger partial charge in [-0.1, -0.05) is 51.5 Å². The number of aryl methyl sites for hydroxylation is 1. The predicted molar refractivity (Wildman–Crippen MR) is 100 cm³/mol. The van der Waals surface area contributed by atoms with Gasteiger partial charge in [-0.05, 0) is 79.9 Å².